The second-order valence-corrected chi connectivity index (χ2v) is 5.81. The molecule has 3 aromatic rings. The van der Waals surface area contributed by atoms with Crippen LogP contribution in [-0.4, -0.2) is 23.6 Å². The number of oxazole rings is 1. The molecule has 0 fully saturated rings. The molecule has 0 aliphatic heterocycles. The standard InChI is InChI=1S/C19H19FN2O4/c1-13(22-15-8-3-5-10-17(15)26-19(22)24)18(23)21-11-6-12-25-16-9-4-2-7-14(16)20/h2-5,7-10,13H,6,11-12H2,1H3,(H,21,23)/t13-/m1/s1. The van der Waals surface area contributed by atoms with Crippen LogP contribution in [0.2, 0.25) is 0 Å². The van der Waals surface area contributed by atoms with Crippen molar-refractivity contribution < 1.29 is 18.3 Å². The smallest absolute Gasteiger partial charge is 0.420 e. The first-order valence-corrected chi connectivity index (χ1v) is 8.33. The Labute approximate surface area is 149 Å². The fraction of sp³-hybridized carbons (Fsp3) is 0.263. The van der Waals surface area contributed by atoms with Crippen LogP contribution in [0.25, 0.3) is 11.1 Å². The Bertz CT molecular complexity index is 963. The van der Waals surface area contributed by atoms with E-state index in [0.29, 0.717) is 24.1 Å². The number of nitrogens with one attached hydrogen (secondary N) is 1. The Morgan fingerprint density at radius 1 is 1.23 bits per heavy atom. The molecule has 1 atom stereocenters. The van der Waals surface area contributed by atoms with Gasteiger partial charge < -0.3 is 14.5 Å². The van der Waals surface area contributed by atoms with Gasteiger partial charge in [-0.3, -0.25) is 9.36 Å². The summed E-state index contributed by atoms with van der Waals surface area (Å²) in [4.78, 5) is 24.3. The van der Waals surface area contributed by atoms with E-state index in [1.807, 2.05) is 0 Å². The number of para-hydroxylation sites is 3. The molecule has 0 spiro atoms. The Balaban J connectivity index is 1.52. The van der Waals surface area contributed by atoms with Gasteiger partial charge in [-0.05, 0) is 37.6 Å². The van der Waals surface area contributed by atoms with Crippen LogP contribution >= 0.6 is 0 Å². The lowest BCUT2D eigenvalue weighted by molar-refractivity contribution is -0.123. The molecule has 0 aliphatic carbocycles. The lowest BCUT2D eigenvalue weighted by atomic mass is 10.2. The average molecular weight is 358 g/mol. The van der Waals surface area contributed by atoms with Gasteiger partial charge in [-0.2, -0.15) is 0 Å². The summed E-state index contributed by atoms with van der Waals surface area (Å²) in [6.07, 6.45) is 0.508. The summed E-state index contributed by atoms with van der Waals surface area (Å²) in [6, 6.07) is 12.4. The van der Waals surface area contributed by atoms with E-state index in [1.165, 1.54) is 10.6 Å². The highest BCUT2D eigenvalue weighted by molar-refractivity contribution is 5.82. The van der Waals surface area contributed by atoms with E-state index < -0.39 is 17.6 Å². The summed E-state index contributed by atoms with van der Waals surface area (Å²) >= 11 is 0. The van der Waals surface area contributed by atoms with Crippen molar-refractivity contribution >= 4 is 17.0 Å². The number of carbonyl (C=O) groups is 1. The third-order valence-corrected chi connectivity index (χ3v) is 4.00. The number of halogens is 1. The van der Waals surface area contributed by atoms with Crippen LogP contribution < -0.4 is 15.8 Å². The second-order valence-electron chi connectivity index (χ2n) is 5.81. The maximum Gasteiger partial charge on any atom is 0.420 e. The zero-order valence-corrected chi connectivity index (χ0v) is 14.3. The predicted molar refractivity (Wildman–Crippen MR) is 94.7 cm³/mol. The van der Waals surface area contributed by atoms with E-state index in [9.17, 15) is 14.0 Å². The summed E-state index contributed by atoms with van der Waals surface area (Å²) in [5.41, 5.74) is 1.01. The summed E-state index contributed by atoms with van der Waals surface area (Å²) in [7, 11) is 0. The van der Waals surface area contributed by atoms with E-state index >= 15 is 0 Å². The monoisotopic (exact) mass is 358 g/mol. The summed E-state index contributed by atoms with van der Waals surface area (Å²) in [5.74, 6) is -1.11. The molecule has 6 nitrogen and oxygen atoms in total. The van der Waals surface area contributed by atoms with Gasteiger partial charge in [-0.25, -0.2) is 9.18 Å². The molecule has 0 saturated carbocycles. The number of amides is 1. The first-order valence-electron chi connectivity index (χ1n) is 8.33. The van der Waals surface area contributed by atoms with Crippen molar-refractivity contribution in [3.63, 3.8) is 0 Å². The van der Waals surface area contributed by atoms with Gasteiger partial charge in [0.2, 0.25) is 5.91 Å². The molecule has 0 aliphatic rings. The number of rotatable bonds is 7. The number of benzene rings is 2. The highest BCUT2D eigenvalue weighted by atomic mass is 19.1. The van der Waals surface area contributed by atoms with Crippen molar-refractivity contribution in [1.82, 2.24) is 9.88 Å². The first kappa shape index (κ1) is 17.7. The van der Waals surface area contributed by atoms with Crippen LogP contribution in [0.1, 0.15) is 19.4 Å². The van der Waals surface area contributed by atoms with Gasteiger partial charge in [0.1, 0.15) is 6.04 Å². The molecule has 1 aromatic heterocycles. The molecular formula is C19H19FN2O4. The topological polar surface area (TPSA) is 73.5 Å². The molecule has 1 N–H and O–H groups in total. The zero-order valence-electron chi connectivity index (χ0n) is 14.3. The SMILES string of the molecule is C[C@H](C(=O)NCCCOc1ccccc1F)n1c(=O)oc2ccccc21. The highest BCUT2D eigenvalue weighted by Crippen LogP contribution is 2.17. The number of aromatic nitrogens is 1. The maximum atomic E-state index is 13.4. The van der Waals surface area contributed by atoms with Crippen LogP contribution in [0.3, 0.4) is 0 Å². The molecule has 0 unspecified atom stereocenters. The molecule has 0 bridgehead atoms. The Hall–Kier alpha value is -3.09. The first-order chi connectivity index (χ1) is 12.6. The van der Waals surface area contributed by atoms with E-state index in [4.69, 9.17) is 9.15 Å². The predicted octanol–water partition coefficient (Wildman–Crippen LogP) is 2.88. The number of fused-ring (bicyclic) bond motifs is 1. The lowest BCUT2D eigenvalue weighted by Gasteiger charge is -2.13. The molecule has 0 radical (unpaired) electrons. The van der Waals surface area contributed by atoms with Gasteiger partial charge >= 0.3 is 5.76 Å². The largest absolute Gasteiger partial charge is 0.490 e. The van der Waals surface area contributed by atoms with Gasteiger partial charge in [0, 0.05) is 6.54 Å². The molecular weight excluding hydrogens is 339 g/mol. The van der Waals surface area contributed by atoms with Crippen molar-refractivity contribution in [2.24, 2.45) is 0 Å². The zero-order chi connectivity index (χ0) is 18.5. The Morgan fingerprint density at radius 2 is 1.96 bits per heavy atom. The molecule has 3 rings (SSSR count). The molecule has 1 amide bonds. The Kier molecular flexibility index (Phi) is 5.36. The molecule has 26 heavy (non-hydrogen) atoms. The van der Waals surface area contributed by atoms with Gasteiger partial charge in [0.25, 0.3) is 0 Å². The van der Waals surface area contributed by atoms with Gasteiger partial charge in [0.15, 0.2) is 17.1 Å². The van der Waals surface area contributed by atoms with Crippen LogP contribution in [-0.2, 0) is 4.79 Å². The van der Waals surface area contributed by atoms with Gasteiger partial charge in [0.05, 0.1) is 12.1 Å². The van der Waals surface area contributed by atoms with Crippen molar-refractivity contribution in [3.05, 3.63) is 64.9 Å². The van der Waals surface area contributed by atoms with Crippen LogP contribution in [0.5, 0.6) is 5.75 Å². The second kappa shape index (κ2) is 7.86. The van der Waals surface area contributed by atoms with Crippen LogP contribution in [0, 0.1) is 5.82 Å². The van der Waals surface area contributed by atoms with E-state index in [-0.39, 0.29) is 18.3 Å². The van der Waals surface area contributed by atoms with E-state index in [0.717, 1.165) is 0 Å². The third kappa shape index (κ3) is 3.77. The quantitative estimate of drug-likeness (QED) is 0.659. The molecule has 1 heterocycles. The normalized spacial score (nSPS) is 12.1. The van der Waals surface area contributed by atoms with E-state index in [2.05, 4.69) is 5.32 Å². The number of nitrogens with zero attached hydrogens (tertiary/aromatic N) is 1. The number of ether oxygens (including phenoxy) is 1. The summed E-state index contributed by atoms with van der Waals surface area (Å²) < 4.78 is 25.2. The lowest BCUT2D eigenvalue weighted by Crippen LogP contribution is -2.35. The van der Waals surface area contributed by atoms with Gasteiger partial charge in [-0.1, -0.05) is 24.3 Å². The van der Waals surface area contributed by atoms with Crippen molar-refractivity contribution in [1.29, 1.82) is 0 Å². The minimum Gasteiger partial charge on any atom is -0.490 e. The minimum absolute atomic E-state index is 0.184. The number of hydrogen-bond donors (Lipinski definition) is 1. The number of hydrogen-bond acceptors (Lipinski definition) is 4. The molecule has 7 heteroatoms. The van der Waals surface area contributed by atoms with Gasteiger partial charge in [-0.15, -0.1) is 0 Å². The fourth-order valence-corrected chi connectivity index (χ4v) is 2.64. The van der Waals surface area contributed by atoms with Crippen molar-refractivity contribution in [2.45, 2.75) is 19.4 Å². The van der Waals surface area contributed by atoms with Crippen molar-refractivity contribution in [2.75, 3.05) is 13.2 Å². The van der Waals surface area contributed by atoms with Crippen LogP contribution in [0.4, 0.5) is 4.39 Å². The molecule has 136 valence electrons. The third-order valence-electron chi connectivity index (χ3n) is 4.00. The molecule has 0 saturated heterocycles. The summed E-state index contributed by atoms with van der Waals surface area (Å²) in [5, 5.41) is 2.75. The Morgan fingerprint density at radius 3 is 2.77 bits per heavy atom. The number of carbonyl (C=O) groups excluding carboxylic acids is 1. The van der Waals surface area contributed by atoms with Crippen LogP contribution in [0.15, 0.2) is 57.7 Å². The van der Waals surface area contributed by atoms with Crippen molar-refractivity contribution in [3.8, 4) is 5.75 Å². The maximum absolute atomic E-state index is 13.4. The molecule has 2 aromatic carbocycles. The highest BCUT2D eigenvalue weighted by Gasteiger charge is 2.20. The summed E-state index contributed by atoms with van der Waals surface area (Å²) in [6.45, 7) is 2.25. The average Bonchev–Trinajstić information content (AvgIpc) is 2.97. The van der Waals surface area contributed by atoms with E-state index in [1.54, 1.807) is 49.4 Å². The minimum atomic E-state index is -0.710. The fourth-order valence-electron chi connectivity index (χ4n) is 2.64.